The maximum absolute atomic E-state index is 14.5. The van der Waals surface area contributed by atoms with Crippen LogP contribution >= 0.6 is 11.6 Å². The lowest BCUT2D eigenvalue weighted by Crippen LogP contribution is -2.36. The molecule has 1 aromatic carbocycles. The molecule has 0 spiro atoms. The molecule has 1 fully saturated rings. The SMILES string of the molecule is CCc1cc(Cl)nnc1Cc1ccc(F)c(C(=O)N2CCCN(C(C)=O)CC2)c1. The summed E-state index contributed by atoms with van der Waals surface area (Å²) in [6, 6.07) is 6.33. The summed E-state index contributed by atoms with van der Waals surface area (Å²) in [7, 11) is 0. The van der Waals surface area contributed by atoms with Crippen LogP contribution in [0.25, 0.3) is 0 Å². The highest BCUT2D eigenvalue weighted by Crippen LogP contribution is 2.19. The Labute approximate surface area is 174 Å². The first-order chi connectivity index (χ1) is 13.9. The zero-order valence-corrected chi connectivity index (χ0v) is 17.4. The number of aromatic nitrogens is 2. The molecule has 0 bridgehead atoms. The van der Waals surface area contributed by atoms with E-state index >= 15 is 0 Å². The fourth-order valence-corrected chi connectivity index (χ4v) is 3.70. The van der Waals surface area contributed by atoms with Gasteiger partial charge in [0, 0.05) is 39.5 Å². The molecule has 0 saturated carbocycles. The third-order valence-electron chi connectivity index (χ3n) is 5.17. The van der Waals surface area contributed by atoms with Crippen LogP contribution in [0, 0.1) is 5.82 Å². The van der Waals surface area contributed by atoms with E-state index in [0.29, 0.717) is 44.2 Å². The smallest absolute Gasteiger partial charge is 0.256 e. The van der Waals surface area contributed by atoms with E-state index in [4.69, 9.17) is 11.6 Å². The summed E-state index contributed by atoms with van der Waals surface area (Å²) in [5.41, 5.74) is 2.55. The fourth-order valence-electron chi connectivity index (χ4n) is 3.53. The third-order valence-corrected chi connectivity index (χ3v) is 5.36. The predicted octanol–water partition coefficient (Wildman–Crippen LogP) is 3.12. The van der Waals surface area contributed by atoms with Gasteiger partial charge in [-0.3, -0.25) is 9.59 Å². The van der Waals surface area contributed by atoms with E-state index < -0.39 is 5.82 Å². The lowest BCUT2D eigenvalue weighted by Gasteiger charge is -2.22. The molecule has 29 heavy (non-hydrogen) atoms. The number of rotatable bonds is 4. The Morgan fingerprint density at radius 2 is 1.83 bits per heavy atom. The summed E-state index contributed by atoms with van der Waals surface area (Å²) >= 11 is 5.92. The van der Waals surface area contributed by atoms with E-state index in [-0.39, 0.29) is 17.4 Å². The normalized spacial score (nSPS) is 14.6. The highest BCUT2D eigenvalue weighted by molar-refractivity contribution is 6.29. The number of hydrogen-bond donors (Lipinski definition) is 0. The first kappa shape index (κ1) is 21.2. The maximum atomic E-state index is 14.5. The van der Waals surface area contributed by atoms with Crippen LogP contribution in [0.5, 0.6) is 0 Å². The molecule has 1 aliphatic heterocycles. The standard InChI is InChI=1S/C21H24ClFN4O2/c1-3-16-13-20(22)25-24-19(16)12-15-5-6-18(23)17(11-15)21(29)27-8-4-7-26(9-10-27)14(2)28/h5-6,11,13H,3-4,7-10,12H2,1-2H3. The van der Waals surface area contributed by atoms with Gasteiger partial charge in [0.05, 0.1) is 11.3 Å². The molecule has 1 aliphatic rings. The zero-order chi connectivity index (χ0) is 21.0. The number of halogens is 2. The van der Waals surface area contributed by atoms with E-state index in [1.165, 1.54) is 13.0 Å². The van der Waals surface area contributed by atoms with Crippen molar-refractivity contribution in [3.05, 3.63) is 57.6 Å². The molecule has 8 heteroatoms. The fraction of sp³-hybridized carbons (Fsp3) is 0.429. The van der Waals surface area contributed by atoms with E-state index in [1.807, 2.05) is 6.92 Å². The molecule has 154 valence electrons. The molecule has 1 saturated heterocycles. The van der Waals surface area contributed by atoms with E-state index in [2.05, 4.69) is 10.2 Å². The summed E-state index contributed by atoms with van der Waals surface area (Å²) in [6.07, 6.45) is 1.86. The van der Waals surface area contributed by atoms with E-state index in [0.717, 1.165) is 23.2 Å². The summed E-state index contributed by atoms with van der Waals surface area (Å²) in [5, 5.41) is 8.39. The van der Waals surface area contributed by atoms with Crippen LogP contribution in [-0.2, 0) is 17.6 Å². The molecule has 2 heterocycles. The lowest BCUT2D eigenvalue weighted by atomic mass is 10.0. The molecule has 0 atom stereocenters. The summed E-state index contributed by atoms with van der Waals surface area (Å²) in [4.78, 5) is 27.9. The quantitative estimate of drug-likeness (QED) is 0.765. The van der Waals surface area contributed by atoms with Crippen molar-refractivity contribution in [2.75, 3.05) is 26.2 Å². The number of nitrogens with zero attached hydrogens (tertiary/aromatic N) is 4. The largest absolute Gasteiger partial charge is 0.341 e. The highest BCUT2D eigenvalue weighted by atomic mass is 35.5. The first-order valence-corrected chi connectivity index (χ1v) is 10.1. The van der Waals surface area contributed by atoms with Crippen LogP contribution < -0.4 is 0 Å². The Kier molecular flexibility index (Phi) is 6.79. The molecule has 2 aromatic rings. The Hall–Kier alpha value is -2.54. The van der Waals surface area contributed by atoms with Gasteiger partial charge in [-0.2, -0.15) is 5.10 Å². The second-order valence-corrected chi connectivity index (χ2v) is 7.52. The van der Waals surface area contributed by atoms with Gasteiger partial charge in [-0.15, -0.1) is 5.10 Å². The van der Waals surface area contributed by atoms with Gasteiger partial charge in [0.25, 0.3) is 5.91 Å². The Morgan fingerprint density at radius 1 is 1.10 bits per heavy atom. The Balaban J connectivity index is 1.80. The van der Waals surface area contributed by atoms with Crippen molar-refractivity contribution in [3.63, 3.8) is 0 Å². The van der Waals surface area contributed by atoms with E-state index in [9.17, 15) is 14.0 Å². The van der Waals surface area contributed by atoms with Crippen molar-refractivity contribution < 1.29 is 14.0 Å². The number of benzene rings is 1. The predicted molar refractivity (Wildman–Crippen MR) is 108 cm³/mol. The van der Waals surface area contributed by atoms with Gasteiger partial charge < -0.3 is 9.80 Å². The van der Waals surface area contributed by atoms with Gasteiger partial charge in [-0.1, -0.05) is 24.6 Å². The van der Waals surface area contributed by atoms with Gasteiger partial charge >= 0.3 is 0 Å². The van der Waals surface area contributed by atoms with Crippen LogP contribution in [0.2, 0.25) is 5.15 Å². The summed E-state index contributed by atoms with van der Waals surface area (Å²) < 4.78 is 14.5. The molecule has 0 radical (unpaired) electrons. The van der Waals surface area contributed by atoms with Gasteiger partial charge in [-0.05, 0) is 42.2 Å². The van der Waals surface area contributed by atoms with Gasteiger partial charge in [0.1, 0.15) is 5.82 Å². The van der Waals surface area contributed by atoms with Crippen LogP contribution in [0.4, 0.5) is 4.39 Å². The second-order valence-electron chi connectivity index (χ2n) is 7.14. The topological polar surface area (TPSA) is 66.4 Å². The zero-order valence-electron chi connectivity index (χ0n) is 16.6. The number of amides is 2. The minimum absolute atomic E-state index is 0.0109. The minimum Gasteiger partial charge on any atom is -0.341 e. The molecular formula is C21H24ClFN4O2. The molecular weight excluding hydrogens is 395 g/mol. The number of carbonyl (C=O) groups excluding carboxylic acids is 2. The number of aryl methyl sites for hydroxylation is 1. The molecule has 6 nitrogen and oxygen atoms in total. The van der Waals surface area contributed by atoms with Gasteiger partial charge in [0.15, 0.2) is 5.15 Å². The number of carbonyl (C=O) groups is 2. The van der Waals surface area contributed by atoms with Crippen molar-refractivity contribution >= 4 is 23.4 Å². The third kappa shape index (κ3) is 5.09. The average molecular weight is 419 g/mol. The second kappa shape index (κ2) is 9.31. The van der Waals surface area contributed by atoms with Crippen LogP contribution in [-0.4, -0.2) is 58.0 Å². The van der Waals surface area contributed by atoms with Crippen molar-refractivity contribution in [2.24, 2.45) is 0 Å². The highest BCUT2D eigenvalue weighted by Gasteiger charge is 2.23. The lowest BCUT2D eigenvalue weighted by molar-refractivity contribution is -0.128. The average Bonchev–Trinajstić information content (AvgIpc) is 2.96. The molecule has 2 amide bonds. The van der Waals surface area contributed by atoms with Crippen molar-refractivity contribution in [3.8, 4) is 0 Å². The first-order valence-electron chi connectivity index (χ1n) is 9.73. The molecule has 3 rings (SSSR count). The van der Waals surface area contributed by atoms with E-state index in [1.54, 1.807) is 28.0 Å². The molecule has 0 aliphatic carbocycles. The molecule has 0 N–H and O–H groups in total. The van der Waals surface area contributed by atoms with Crippen molar-refractivity contribution in [2.45, 2.75) is 33.1 Å². The minimum atomic E-state index is -0.552. The Bertz CT molecular complexity index is 922. The maximum Gasteiger partial charge on any atom is 0.256 e. The molecule has 0 unspecified atom stereocenters. The molecule has 1 aromatic heterocycles. The Morgan fingerprint density at radius 3 is 2.55 bits per heavy atom. The van der Waals surface area contributed by atoms with Gasteiger partial charge in [0.2, 0.25) is 5.91 Å². The monoisotopic (exact) mass is 418 g/mol. The number of hydrogen-bond acceptors (Lipinski definition) is 4. The van der Waals surface area contributed by atoms with Crippen molar-refractivity contribution in [1.82, 2.24) is 20.0 Å². The van der Waals surface area contributed by atoms with Crippen LogP contribution in [0.3, 0.4) is 0 Å². The summed E-state index contributed by atoms with van der Waals surface area (Å²) in [6.45, 7) is 5.48. The summed E-state index contributed by atoms with van der Waals surface area (Å²) in [5.74, 6) is -0.916. The van der Waals surface area contributed by atoms with Gasteiger partial charge in [-0.25, -0.2) is 4.39 Å². The van der Waals surface area contributed by atoms with Crippen LogP contribution in [0.15, 0.2) is 24.3 Å². The van der Waals surface area contributed by atoms with Crippen molar-refractivity contribution in [1.29, 1.82) is 0 Å². The van der Waals surface area contributed by atoms with Crippen LogP contribution in [0.1, 0.15) is 47.4 Å².